The molecule has 2 aromatic carbocycles. The van der Waals surface area contributed by atoms with Gasteiger partial charge in [-0.25, -0.2) is 0 Å². The Bertz CT molecular complexity index is 1120. The predicted octanol–water partition coefficient (Wildman–Crippen LogP) is 4.11. The minimum Gasteiger partial charge on any atom is -0.341 e. The molecule has 7 heteroatoms. The number of amides is 1. The van der Waals surface area contributed by atoms with Gasteiger partial charge in [-0.05, 0) is 38.1 Å². The van der Waals surface area contributed by atoms with Crippen molar-refractivity contribution < 1.29 is 9.32 Å². The van der Waals surface area contributed by atoms with Gasteiger partial charge in [-0.1, -0.05) is 41.6 Å². The molecule has 1 unspecified atom stereocenters. The van der Waals surface area contributed by atoms with E-state index in [9.17, 15) is 4.79 Å². The van der Waals surface area contributed by atoms with E-state index in [0.29, 0.717) is 17.3 Å². The molecule has 0 radical (unpaired) electrons. The summed E-state index contributed by atoms with van der Waals surface area (Å²) in [5.74, 6) is 0.645. The first kappa shape index (κ1) is 18.6. The third-order valence-corrected chi connectivity index (χ3v) is 4.63. The number of rotatable bonds is 6. The van der Waals surface area contributed by atoms with Crippen molar-refractivity contribution in [2.75, 3.05) is 0 Å². The van der Waals surface area contributed by atoms with Crippen molar-refractivity contribution in [1.29, 1.82) is 0 Å². The maximum absolute atomic E-state index is 12.3. The van der Waals surface area contributed by atoms with Gasteiger partial charge in [0.2, 0.25) is 11.7 Å². The molecule has 146 valence electrons. The number of carbonyl (C=O) groups is 1. The fourth-order valence-electron chi connectivity index (χ4n) is 3.11. The Hall–Kier alpha value is -3.74. The van der Waals surface area contributed by atoms with Gasteiger partial charge >= 0.3 is 0 Å². The summed E-state index contributed by atoms with van der Waals surface area (Å²) >= 11 is 0. The number of benzene rings is 2. The van der Waals surface area contributed by atoms with Crippen LogP contribution in [-0.4, -0.2) is 25.8 Å². The Morgan fingerprint density at radius 3 is 2.69 bits per heavy atom. The second kappa shape index (κ2) is 8.10. The van der Waals surface area contributed by atoms with E-state index < -0.39 is 6.04 Å². The van der Waals surface area contributed by atoms with Gasteiger partial charge in [-0.15, -0.1) is 0 Å². The van der Waals surface area contributed by atoms with Crippen LogP contribution in [0, 0.1) is 0 Å². The number of hydrogen-bond donors (Lipinski definition) is 1. The molecule has 0 bridgehead atoms. The van der Waals surface area contributed by atoms with Crippen LogP contribution in [-0.2, 0) is 6.54 Å². The lowest BCUT2D eigenvalue weighted by molar-refractivity contribution is 0.0932. The molecule has 0 saturated heterocycles. The van der Waals surface area contributed by atoms with Gasteiger partial charge in [-0.2, -0.15) is 10.1 Å². The first-order valence-corrected chi connectivity index (χ1v) is 9.48. The van der Waals surface area contributed by atoms with Crippen LogP contribution >= 0.6 is 0 Å². The molecule has 4 rings (SSSR count). The van der Waals surface area contributed by atoms with E-state index in [1.54, 1.807) is 18.3 Å². The quantitative estimate of drug-likeness (QED) is 0.538. The molecule has 7 nitrogen and oxygen atoms in total. The minimum absolute atomic E-state index is 0.187. The van der Waals surface area contributed by atoms with Gasteiger partial charge < -0.3 is 9.84 Å². The van der Waals surface area contributed by atoms with Crippen LogP contribution in [0.4, 0.5) is 0 Å². The van der Waals surface area contributed by atoms with Crippen LogP contribution in [0.2, 0.25) is 0 Å². The number of aromatic nitrogens is 4. The number of nitrogens with one attached hydrogen (secondary N) is 1. The van der Waals surface area contributed by atoms with Crippen molar-refractivity contribution in [2.24, 2.45) is 0 Å². The van der Waals surface area contributed by atoms with Crippen molar-refractivity contribution in [1.82, 2.24) is 25.2 Å². The summed E-state index contributed by atoms with van der Waals surface area (Å²) in [6.07, 6.45) is 1.79. The first-order chi connectivity index (χ1) is 14.2. The number of aryl methyl sites for hydroxylation is 1. The Morgan fingerprint density at radius 2 is 1.90 bits per heavy atom. The minimum atomic E-state index is -0.409. The Balaban J connectivity index is 1.53. The van der Waals surface area contributed by atoms with E-state index in [1.165, 1.54) is 0 Å². The number of nitrogens with zero attached hydrogens (tertiary/aromatic N) is 4. The van der Waals surface area contributed by atoms with Gasteiger partial charge in [0.1, 0.15) is 6.04 Å². The maximum atomic E-state index is 12.3. The molecule has 2 aromatic heterocycles. The van der Waals surface area contributed by atoms with Gasteiger partial charge in [0.25, 0.3) is 5.91 Å². The lowest BCUT2D eigenvalue weighted by Crippen LogP contribution is -2.26. The molecule has 0 aliphatic heterocycles. The molecule has 29 heavy (non-hydrogen) atoms. The molecule has 4 aromatic rings. The second-order valence-electron chi connectivity index (χ2n) is 6.63. The predicted molar refractivity (Wildman–Crippen MR) is 109 cm³/mol. The summed E-state index contributed by atoms with van der Waals surface area (Å²) in [6.45, 7) is 4.66. The van der Waals surface area contributed by atoms with Crippen molar-refractivity contribution in [2.45, 2.75) is 26.4 Å². The normalized spacial score (nSPS) is 11.9. The monoisotopic (exact) mass is 387 g/mol. The van der Waals surface area contributed by atoms with E-state index in [1.807, 2.05) is 60.1 Å². The van der Waals surface area contributed by atoms with Crippen molar-refractivity contribution in [3.05, 3.63) is 78.3 Å². The van der Waals surface area contributed by atoms with E-state index in [4.69, 9.17) is 4.52 Å². The van der Waals surface area contributed by atoms with Gasteiger partial charge in [0.05, 0.1) is 5.69 Å². The van der Waals surface area contributed by atoms with Gasteiger partial charge in [-0.3, -0.25) is 9.48 Å². The van der Waals surface area contributed by atoms with Crippen LogP contribution in [0.1, 0.15) is 36.1 Å². The molecular formula is C22H21N5O2. The molecular weight excluding hydrogens is 366 g/mol. The Kier molecular flexibility index (Phi) is 5.20. The molecule has 0 spiro atoms. The largest absolute Gasteiger partial charge is 0.341 e. The summed E-state index contributed by atoms with van der Waals surface area (Å²) in [4.78, 5) is 16.8. The molecule has 2 heterocycles. The summed E-state index contributed by atoms with van der Waals surface area (Å²) in [5, 5.41) is 11.3. The van der Waals surface area contributed by atoms with Crippen LogP contribution in [0.3, 0.4) is 0 Å². The SMILES string of the molecule is CCn1nccc1-c1cccc(-c2noc(C(C)NC(=O)c3ccccc3)n2)c1. The fraction of sp³-hybridized carbons (Fsp3) is 0.182. The zero-order valence-electron chi connectivity index (χ0n) is 16.2. The van der Waals surface area contributed by atoms with Gasteiger partial charge in [0, 0.05) is 29.4 Å². The maximum Gasteiger partial charge on any atom is 0.251 e. The number of hydrogen-bond acceptors (Lipinski definition) is 5. The van der Waals surface area contributed by atoms with Crippen LogP contribution in [0.5, 0.6) is 0 Å². The molecule has 0 aliphatic rings. The number of carbonyl (C=O) groups excluding carboxylic acids is 1. The van der Waals surface area contributed by atoms with Crippen molar-refractivity contribution >= 4 is 5.91 Å². The summed E-state index contributed by atoms with van der Waals surface area (Å²) in [5.41, 5.74) is 3.47. The standard InChI is InChI=1S/C22H21N5O2/c1-3-27-19(12-13-23-27)17-10-7-11-18(14-17)20-25-22(29-26-20)15(2)24-21(28)16-8-5-4-6-9-16/h4-15H,3H2,1-2H3,(H,24,28). The third kappa shape index (κ3) is 3.94. The first-order valence-electron chi connectivity index (χ1n) is 9.48. The highest BCUT2D eigenvalue weighted by Crippen LogP contribution is 2.25. The van der Waals surface area contributed by atoms with Crippen LogP contribution in [0.15, 0.2) is 71.4 Å². The smallest absolute Gasteiger partial charge is 0.251 e. The zero-order chi connectivity index (χ0) is 20.2. The van der Waals surface area contributed by atoms with E-state index in [-0.39, 0.29) is 5.91 Å². The molecule has 1 atom stereocenters. The highest BCUT2D eigenvalue weighted by Gasteiger charge is 2.18. The van der Waals surface area contributed by atoms with Crippen LogP contribution < -0.4 is 5.32 Å². The summed E-state index contributed by atoms with van der Waals surface area (Å²) in [6, 6.07) is 18.5. The Labute approximate surface area is 168 Å². The van der Waals surface area contributed by atoms with Crippen molar-refractivity contribution in [3.63, 3.8) is 0 Å². The Morgan fingerprint density at radius 1 is 1.10 bits per heavy atom. The third-order valence-electron chi connectivity index (χ3n) is 4.63. The topological polar surface area (TPSA) is 85.8 Å². The fourth-order valence-corrected chi connectivity index (χ4v) is 3.11. The zero-order valence-corrected chi connectivity index (χ0v) is 16.2. The second-order valence-corrected chi connectivity index (χ2v) is 6.63. The molecule has 1 N–H and O–H groups in total. The van der Waals surface area contributed by atoms with Crippen LogP contribution in [0.25, 0.3) is 22.6 Å². The van der Waals surface area contributed by atoms with E-state index in [0.717, 1.165) is 23.4 Å². The average Bonchev–Trinajstić information content (AvgIpc) is 3.44. The molecule has 0 saturated carbocycles. The van der Waals surface area contributed by atoms with Crippen molar-refractivity contribution in [3.8, 4) is 22.6 Å². The van der Waals surface area contributed by atoms with Gasteiger partial charge in [0.15, 0.2) is 0 Å². The summed E-state index contributed by atoms with van der Waals surface area (Å²) < 4.78 is 7.33. The lowest BCUT2D eigenvalue weighted by atomic mass is 10.1. The highest BCUT2D eigenvalue weighted by atomic mass is 16.5. The molecule has 0 fully saturated rings. The average molecular weight is 387 g/mol. The molecule has 1 amide bonds. The highest BCUT2D eigenvalue weighted by molar-refractivity contribution is 5.94. The van der Waals surface area contributed by atoms with E-state index in [2.05, 4.69) is 27.5 Å². The summed E-state index contributed by atoms with van der Waals surface area (Å²) in [7, 11) is 0. The molecule has 0 aliphatic carbocycles. The lowest BCUT2D eigenvalue weighted by Gasteiger charge is -2.09. The van der Waals surface area contributed by atoms with E-state index >= 15 is 0 Å².